The van der Waals surface area contributed by atoms with Crippen molar-refractivity contribution >= 4 is 11.7 Å². The Hall–Kier alpha value is -2.53. The number of aromatic nitrogens is 1. The highest BCUT2D eigenvalue weighted by Gasteiger charge is 2.28. The summed E-state index contributed by atoms with van der Waals surface area (Å²) < 4.78 is 0. The van der Waals surface area contributed by atoms with Crippen LogP contribution in [0.25, 0.3) is 0 Å². The van der Waals surface area contributed by atoms with Crippen molar-refractivity contribution in [1.82, 2.24) is 14.8 Å². The lowest BCUT2D eigenvalue weighted by atomic mass is 9.90. The van der Waals surface area contributed by atoms with E-state index < -0.39 is 0 Å². The van der Waals surface area contributed by atoms with E-state index in [4.69, 9.17) is 0 Å². The zero-order valence-corrected chi connectivity index (χ0v) is 15.9. The second-order valence-corrected chi connectivity index (χ2v) is 7.30. The Morgan fingerprint density at radius 2 is 1.93 bits per heavy atom. The maximum atomic E-state index is 12.7. The number of hydrogen-bond donors (Lipinski definition) is 0. The number of rotatable bonds is 7. The minimum Gasteiger partial charge on any atom is -0.341 e. The van der Waals surface area contributed by atoms with Crippen molar-refractivity contribution in [3.63, 3.8) is 0 Å². The Morgan fingerprint density at radius 1 is 1.15 bits per heavy atom. The zero-order chi connectivity index (χ0) is 19.1. The molecule has 0 radical (unpaired) electrons. The molecular formula is C22H27N3O2. The lowest BCUT2D eigenvalue weighted by Gasteiger charge is -2.33. The molecule has 2 heterocycles. The smallest absolute Gasteiger partial charge is 0.236 e. The van der Waals surface area contributed by atoms with Gasteiger partial charge < -0.3 is 4.90 Å². The number of piperidine rings is 1. The third-order valence-corrected chi connectivity index (χ3v) is 5.01. The second kappa shape index (κ2) is 9.42. The molecule has 0 spiro atoms. The van der Waals surface area contributed by atoms with Crippen LogP contribution in [0.1, 0.15) is 24.1 Å². The average Bonchev–Trinajstić information content (AvgIpc) is 2.69. The van der Waals surface area contributed by atoms with Crippen molar-refractivity contribution in [3.8, 4) is 0 Å². The van der Waals surface area contributed by atoms with E-state index in [1.54, 1.807) is 6.20 Å². The first kappa shape index (κ1) is 19.2. The molecular weight excluding hydrogens is 338 g/mol. The fourth-order valence-corrected chi connectivity index (χ4v) is 3.56. The van der Waals surface area contributed by atoms with Crippen LogP contribution in [0.5, 0.6) is 0 Å². The molecule has 1 aliphatic rings. The largest absolute Gasteiger partial charge is 0.341 e. The molecule has 0 aliphatic carbocycles. The van der Waals surface area contributed by atoms with Crippen LogP contribution >= 0.6 is 0 Å². The normalized spacial score (nSPS) is 17.1. The predicted molar refractivity (Wildman–Crippen MR) is 105 cm³/mol. The number of benzene rings is 1. The van der Waals surface area contributed by atoms with Crippen molar-refractivity contribution < 1.29 is 9.59 Å². The molecule has 1 amide bonds. The van der Waals surface area contributed by atoms with E-state index in [9.17, 15) is 9.59 Å². The monoisotopic (exact) mass is 365 g/mol. The first-order valence-electron chi connectivity index (χ1n) is 9.54. The summed E-state index contributed by atoms with van der Waals surface area (Å²) in [6.45, 7) is 2.26. The second-order valence-electron chi connectivity index (χ2n) is 7.30. The summed E-state index contributed by atoms with van der Waals surface area (Å²) in [5.41, 5.74) is 1.99. The van der Waals surface area contributed by atoms with Gasteiger partial charge in [-0.15, -0.1) is 0 Å². The number of carbonyl (C=O) groups is 2. The topological polar surface area (TPSA) is 53.5 Å². The molecule has 1 fully saturated rings. The van der Waals surface area contributed by atoms with Gasteiger partial charge in [-0.25, -0.2) is 0 Å². The Labute approximate surface area is 161 Å². The molecule has 1 unspecified atom stereocenters. The summed E-state index contributed by atoms with van der Waals surface area (Å²) in [4.78, 5) is 33.4. The van der Waals surface area contributed by atoms with Crippen molar-refractivity contribution in [3.05, 3.63) is 66.0 Å². The van der Waals surface area contributed by atoms with E-state index in [0.29, 0.717) is 26.1 Å². The van der Waals surface area contributed by atoms with E-state index in [1.807, 2.05) is 65.4 Å². The predicted octanol–water partition coefficient (Wildman–Crippen LogP) is 2.56. The lowest BCUT2D eigenvalue weighted by molar-refractivity contribution is -0.135. The fourth-order valence-electron chi connectivity index (χ4n) is 3.56. The Kier molecular flexibility index (Phi) is 6.71. The molecule has 142 valence electrons. The first-order chi connectivity index (χ1) is 13.1. The number of ketones is 1. The third-order valence-electron chi connectivity index (χ3n) is 5.01. The van der Waals surface area contributed by atoms with Crippen LogP contribution in [0.3, 0.4) is 0 Å². The van der Waals surface area contributed by atoms with Crippen molar-refractivity contribution in [2.24, 2.45) is 5.92 Å². The van der Waals surface area contributed by atoms with Gasteiger partial charge in [0.1, 0.15) is 5.78 Å². The van der Waals surface area contributed by atoms with Gasteiger partial charge in [0, 0.05) is 38.2 Å². The van der Waals surface area contributed by atoms with Crippen LogP contribution in [-0.2, 0) is 22.6 Å². The van der Waals surface area contributed by atoms with Crippen LogP contribution in [0.2, 0.25) is 0 Å². The van der Waals surface area contributed by atoms with E-state index in [1.165, 1.54) is 0 Å². The molecule has 5 nitrogen and oxygen atoms in total. The molecule has 0 bridgehead atoms. The van der Waals surface area contributed by atoms with Gasteiger partial charge in [0.05, 0.1) is 12.2 Å². The van der Waals surface area contributed by atoms with Gasteiger partial charge in [-0.05, 0) is 37.6 Å². The molecule has 1 aromatic carbocycles. The number of likely N-dealkylation sites (N-methyl/N-ethyl adjacent to an activating group) is 1. The summed E-state index contributed by atoms with van der Waals surface area (Å²) in [5.74, 6) is 0.273. The van der Waals surface area contributed by atoms with Gasteiger partial charge in [0.15, 0.2) is 0 Å². The highest BCUT2D eigenvalue weighted by atomic mass is 16.2. The van der Waals surface area contributed by atoms with Crippen LogP contribution in [-0.4, -0.2) is 53.2 Å². The number of pyridine rings is 1. The number of amides is 1. The van der Waals surface area contributed by atoms with Gasteiger partial charge in [-0.3, -0.25) is 19.5 Å². The molecule has 2 aromatic rings. The minimum atomic E-state index is -0.0518. The van der Waals surface area contributed by atoms with E-state index >= 15 is 0 Å². The Bertz CT molecular complexity index is 749. The molecule has 1 aromatic heterocycles. The standard InChI is InChI=1S/C22H27N3O2/c1-24(16-20-11-5-6-12-23-20)17-22(27)25-13-7-10-19(15-25)21(26)14-18-8-3-2-4-9-18/h2-6,8-9,11-12,19H,7,10,13-17H2,1H3. The average molecular weight is 365 g/mol. The summed E-state index contributed by atoms with van der Waals surface area (Å²) in [6.07, 6.45) is 3.98. The SMILES string of the molecule is CN(CC(=O)N1CCCC(C(=O)Cc2ccccc2)C1)Cc1ccccn1. The molecule has 1 atom stereocenters. The molecule has 3 rings (SSSR count). The van der Waals surface area contributed by atoms with E-state index in [-0.39, 0.29) is 17.6 Å². The highest BCUT2D eigenvalue weighted by Crippen LogP contribution is 2.19. The van der Waals surface area contributed by atoms with E-state index in [0.717, 1.165) is 30.6 Å². The van der Waals surface area contributed by atoms with E-state index in [2.05, 4.69) is 4.98 Å². The van der Waals surface area contributed by atoms with Gasteiger partial charge in [-0.2, -0.15) is 0 Å². The molecule has 5 heteroatoms. The summed E-state index contributed by atoms with van der Waals surface area (Å²) in [6, 6.07) is 15.6. The number of nitrogens with zero attached hydrogens (tertiary/aromatic N) is 3. The summed E-state index contributed by atoms with van der Waals surface area (Å²) in [5, 5.41) is 0. The van der Waals surface area contributed by atoms with Crippen molar-refractivity contribution in [2.45, 2.75) is 25.8 Å². The minimum absolute atomic E-state index is 0.0518. The van der Waals surface area contributed by atoms with Crippen LogP contribution < -0.4 is 0 Å². The van der Waals surface area contributed by atoms with Gasteiger partial charge in [-0.1, -0.05) is 36.4 Å². The van der Waals surface area contributed by atoms with Crippen molar-refractivity contribution in [2.75, 3.05) is 26.7 Å². The van der Waals surface area contributed by atoms with Crippen LogP contribution in [0.4, 0.5) is 0 Å². The number of likely N-dealkylation sites (tertiary alicyclic amines) is 1. The number of carbonyl (C=O) groups excluding carboxylic acids is 2. The lowest BCUT2D eigenvalue weighted by Crippen LogP contribution is -2.46. The number of Topliss-reactive ketones (excluding diaryl/α,β-unsaturated/α-hetero) is 1. The molecule has 1 aliphatic heterocycles. The molecule has 1 saturated heterocycles. The highest BCUT2D eigenvalue weighted by molar-refractivity contribution is 5.85. The molecule has 0 N–H and O–H groups in total. The maximum absolute atomic E-state index is 12.7. The first-order valence-corrected chi connectivity index (χ1v) is 9.54. The zero-order valence-electron chi connectivity index (χ0n) is 15.9. The molecule has 27 heavy (non-hydrogen) atoms. The molecule has 0 saturated carbocycles. The van der Waals surface area contributed by atoms with Gasteiger partial charge >= 0.3 is 0 Å². The van der Waals surface area contributed by atoms with Gasteiger partial charge in [0.2, 0.25) is 5.91 Å². The van der Waals surface area contributed by atoms with Gasteiger partial charge in [0.25, 0.3) is 0 Å². The summed E-state index contributed by atoms with van der Waals surface area (Å²) in [7, 11) is 1.93. The number of hydrogen-bond acceptors (Lipinski definition) is 4. The maximum Gasteiger partial charge on any atom is 0.236 e. The Balaban J connectivity index is 1.50. The van der Waals surface area contributed by atoms with Crippen LogP contribution in [0, 0.1) is 5.92 Å². The summed E-state index contributed by atoms with van der Waals surface area (Å²) >= 11 is 0. The third kappa shape index (κ3) is 5.73. The van der Waals surface area contributed by atoms with Crippen LogP contribution in [0.15, 0.2) is 54.7 Å². The van der Waals surface area contributed by atoms with Crippen molar-refractivity contribution in [1.29, 1.82) is 0 Å². The quantitative estimate of drug-likeness (QED) is 0.757. The fraction of sp³-hybridized carbons (Fsp3) is 0.409. The Morgan fingerprint density at radius 3 is 2.67 bits per heavy atom.